The Kier molecular flexibility index (Phi) is 6.73. The molecule has 0 spiro atoms. The van der Waals surface area contributed by atoms with Crippen LogP contribution >= 0.6 is 0 Å². The number of ether oxygens (including phenoxy) is 3. The topological polar surface area (TPSA) is 94.2 Å². The first kappa shape index (κ1) is 20.0. The molecule has 1 N–H and O–H groups in total. The van der Waals surface area contributed by atoms with Crippen LogP contribution in [-0.2, 0) is 25.7 Å². The van der Waals surface area contributed by atoms with Gasteiger partial charge in [-0.3, -0.25) is 14.4 Å². The van der Waals surface area contributed by atoms with Crippen molar-refractivity contribution in [2.75, 3.05) is 26.5 Å². The highest BCUT2D eigenvalue weighted by Crippen LogP contribution is 2.32. The Balaban J connectivity index is 1.35. The average Bonchev–Trinajstić information content (AvgIpc) is 3.18. The number of carbonyl (C=O) groups is 3. The average molecular weight is 390 g/mol. The van der Waals surface area contributed by atoms with Gasteiger partial charge in [0.25, 0.3) is 0 Å². The molecule has 0 atom stereocenters. The minimum absolute atomic E-state index is 0.0551. The fourth-order valence-corrected chi connectivity index (χ4v) is 3.34. The highest BCUT2D eigenvalue weighted by atomic mass is 16.7. The second kappa shape index (κ2) is 9.43. The molecular weight excluding hydrogens is 364 g/mol. The van der Waals surface area contributed by atoms with E-state index in [4.69, 9.17) is 14.2 Å². The highest BCUT2D eigenvalue weighted by Gasteiger charge is 2.28. The van der Waals surface area contributed by atoms with Crippen molar-refractivity contribution >= 4 is 17.8 Å². The standard InChI is InChI=1S/C20H26N2O6/c1-2-26-20(25)15-7-9-22(10-8-15)19(24)6-5-18(23)21-12-14-3-4-16-17(11-14)28-13-27-16/h3-4,11,15H,2,5-10,12-13H2,1H3,(H,21,23). The number of hydrogen-bond acceptors (Lipinski definition) is 6. The summed E-state index contributed by atoms with van der Waals surface area (Å²) in [6.07, 6.45) is 1.53. The molecule has 0 saturated carbocycles. The SMILES string of the molecule is CCOC(=O)C1CCN(C(=O)CCC(=O)NCc2ccc3c(c2)OCO3)CC1. The van der Waals surface area contributed by atoms with Crippen molar-refractivity contribution in [3.05, 3.63) is 23.8 Å². The summed E-state index contributed by atoms with van der Waals surface area (Å²) in [6.45, 7) is 3.80. The first-order valence-electron chi connectivity index (χ1n) is 9.66. The number of hydrogen-bond donors (Lipinski definition) is 1. The number of benzene rings is 1. The maximum absolute atomic E-state index is 12.3. The Hall–Kier alpha value is -2.77. The van der Waals surface area contributed by atoms with E-state index in [2.05, 4.69) is 5.32 Å². The lowest BCUT2D eigenvalue weighted by atomic mass is 9.96. The van der Waals surface area contributed by atoms with Crippen LogP contribution in [0.15, 0.2) is 18.2 Å². The monoisotopic (exact) mass is 390 g/mol. The van der Waals surface area contributed by atoms with Crippen LogP contribution in [0.3, 0.4) is 0 Å². The zero-order valence-electron chi connectivity index (χ0n) is 16.1. The molecule has 1 fully saturated rings. The highest BCUT2D eigenvalue weighted by molar-refractivity contribution is 5.84. The molecule has 2 heterocycles. The second-order valence-corrected chi connectivity index (χ2v) is 6.87. The number of nitrogens with one attached hydrogen (secondary N) is 1. The number of carbonyl (C=O) groups excluding carboxylic acids is 3. The number of amides is 2. The molecule has 0 aliphatic carbocycles. The van der Waals surface area contributed by atoms with Crippen molar-refractivity contribution in [1.29, 1.82) is 0 Å². The second-order valence-electron chi connectivity index (χ2n) is 6.87. The Morgan fingerprint density at radius 1 is 1.14 bits per heavy atom. The molecule has 0 aromatic heterocycles. The summed E-state index contributed by atoms with van der Waals surface area (Å²) in [4.78, 5) is 37.8. The van der Waals surface area contributed by atoms with Gasteiger partial charge in [0.15, 0.2) is 11.5 Å². The van der Waals surface area contributed by atoms with Crippen LogP contribution in [0, 0.1) is 5.92 Å². The van der Waals surface area contributed by atoms with E-state index in [9.17, 15) is 14.4 Å². The quantitative estimate of drug-likeness (QED) is 0.711. The van der Waals surface area contributed by atoms with Gasteiger partial charge in [0.1, 0.15) is 0 Å². The van der Waals surface area contributed by atoms with E-state index in [0.29, 0.717) is 50.6 Å². The van der Waals surface area contributed by atoms with Gasteiger partial charge in [-0.05, 0) is 37.5 Å². The predicted octanol–water partition coefficient (Wildman–Crippen LogP) is 1.61. The lowest BCUT2D eigenvalue weighted by molar-refractivity contribution is -0.151. The van der Waals surface area contributed by atoms with Gasteiger partial charge in [0.2, 0.25) is 18.6 Å². The van der Waals surface area contributed by atoms with Crippen LogP contribution in [0.5, 0.6) is 11.5 Å². The molecule has 0 unspecified atom stereocenters. The molecule has 3 rings (SSSR count). The molecule has 2 aliphatic heterocycles. The summed E-state index contributed by atoms with van der Waals surface area (Å²) in [5.74, 6) is 0.833. The number of piperidine rings is 1. The summed E-state index contributed by atoms with van der Waals surface area (Å²) in [5, 5.41) is 2.82. The van der Waals surface area contributed by atoms with Gasteiger partial charge in [0.05, 0.1) is 12.5 Å². The molecule has 2 aliphatic rings. The van der Waals surface area contributed by atoms with Crippen molar-refractivity contribution in [2.45, 2.75) is 39.2 Å². The van der Waals surface area contributed by atoms with Crippen molar-refractivity contribution < 1.29 is 28.6 Å². The van der Waals surface area contributed by atoms with Crippen LogP contribution in [0.1, 0.15) is 38.2 Å². The molecule has 152 valence electrons. The molecule has 1 saturated heterocycles. The van der Waals surface area contributed by atoms with Gasteiger partial charge in [-0.25, -0.2) is 0 Å². The van der Waals surface area contributed by atoms with Crippen LogP contribution in [0.25, 0.3) is 0 Å². The Morgan fingerprint density at radius 2 is 1.89 bits per heavy atom. The van der Waals surface area contributed by atoms with E-state index < -0.39 is 0 Å². The number of fused-ring (bicyclic) bond motifs is 1. The summed E-state index contributed by atoms with van der Waals surface area (Å²) in [7, 11) is 0. The fraction of sp³-hybridized carbons (Fsp3) is 0.550. The van der Waals surface area contributed by atoms with Crippen molar-refractivity contribution in [2.24, 2.45) is 5.92 Å². The van der Waals surface area contributed by atoms with E-state index in [1.807, 2.05) is 18.2 Å². The molecule has 1 aromatic rings. The number of rotatable bonds is 7. The van der Waals surface area contributed by atoms with Gasteiger partial charge >= 0.3 is 5.97 Å². The van der Waals surface area contributed by atoms with E-state index in [0.717, 1.165) is 5.56 Å². The minimum Gasteiger partial charge on any atom is -0.466 e. The lowest BCUT2D eigenvalue weighted by Crippen LogP contribution is -2.41. The third-order valence-electron chi connectivity index (χ3n) is 4.96. The largest absolute Gasteiger partial charge is 0.466 e. The van der Waals surface area contributed by atoms with E-state index in [1.54, 1.807) is 11.8 Å². The summed E-state index contributed by atoms with van der Waals surface area (Å²) in [5.41, 5.74) is 0.907. The molecule has 28 heavy (non-hydrogen) atoms. The molecule has 1 aromatic carbocycles. The van der Waals surface area contributed by atoms with Gasteiger partial charge < -0.3 is 24.4 Å². The molecular formula is C20H26N2O6. The third-order valence-corrected chi connectivity index (χ3v) is 4.96. The van der Waals surface area contributed by atoms with Crippen molar-refractivity contribution in [1.82, 2.24) is 10.2 Å². The summed E-state index contributed by atoms with van der Waals surface area (Å²) < 4.78 is 15.6. The van der Waals surface area contributed by atoms with Crippen molar-refractivity contribution in [3.63, 3.8) is 0 Å². The smallest absolute Gasteiger partial charge is 0.309 e. The molecule has 0 radical (unpaired) electrons. The Bertz CT molecular complexity index is 727. The summed E-state index contributed by atoms with van der Waals surface area (Å²) in [6, 6.07) is 5.52. The maximum Gasteiger partial charge on any atom is 0.309 e. The molecule has 8 heteroatoms. The van der Waals surface area contributed by atoms with E-state index in [-0.39, 0.29) is 43.3 Å². The maximum atomic E-state index is 12.3. The fourth-order valence-electron chi connectivity index (χ4n) is 3.34. The summed E-state index contributed by atoms with van der Waals surface area (Å²) >= 11 is 0. The minimum atomic E-state index is -0.183. The number of nitrogens with zero attached hydrogens (tertiary/aromatic N) is 1. The van der Waals surface area contributed by atoms with Crippen LogP contribution in [-0.4, -0.2) is 49.2 Å². The number of likely N-dealkylation sites (tertiary alicyclic amines) is 1. The third kappa shape index (κ3) is 5.15. The van der Waals surface area contributed by atoms with Gasteiger partial charge in [-0.15, -0.1) is 0 Å². The first-order valence-corrected chi connectivity index (χ1v) is 9.66. The molecule has 0 bridgehead atoms. The zero-order valence-corrected chi connectivity index (χ0v) is 16.1. The van der Waals surface area contributed by atoms with E-state index in [1.165, 1.54) is 0 Å². The molecule has 8 nitrogen and oxygen atoms in total. The van der Waals surface area contributed by atoms with Crippen LogP contribution in [0.2, 0.25) is 0 Å². The van der Waals surface area contributed by atoms with E-state index >= 15 is 0 Å². The zero-order chi connectivity index (χ0) is 19.9. The lowest BCUT2D eigenvalue weighted by Gasteiger charge is -2.30. The molecule has 2 amide bonds. The number of esters is 1. The normalized spacial score (nSPS) is 16.0. The van der Waals surface area contributed by atoms with Crippen molar-refractivity contribution in [3.8, 4) is 11.5 Å². The van der Waals surface area contributed by atoms with Gasteiger partial charge in [-0.1, -0.05) is 6.07 Å². The Morgan fingerprint density at radius 3 is 2.64 bits per heavy atom. The van der Waals surface area contributed by atoms with Gasteiger partial charge in [-0.2, -0.15) is 0 Å². The van der Waals surface area contributed by atoms with Gasteiger partial charge in [0, 0.05) is 32.5 Å². The first-order chi connectivity index (χ1) is 13.6. The predicted molar refractivity (Wildman–Crippen MR) is 99.6 cm³/mol. The van der Waals surface area contributed by atoms with Crippen LogP contribution in [0.4, 0.5) is 0 Å². The Labute approximate surface area is 164 Å². The van der Waals surface area contributed by atoms with Crippen LogP contribution < -0.4 is 14.8 Å².